The lowest BCUT2D eigenvalue weighted by Gasteiger charge is -2.16. The van der Waals surface area contributed by atoms with Crippen molar-refractivity contribution in [2.24, 2.45) is 4.99 Å². The molecule has 0 atom stereocenters. The molecule has 0 spiro atoms. The van der Waals surface area contributed by atoms with Crippen LogP contribution in [-0.4, -0.2) is 18.7 Å². The van der Waals surface area contributed by atoms with Gasteiger partial charge in [0.05, 0.1) is 11.4 Å². The molecule has 1 N–H and O–H groups in total. The van der Waals surface area contributed by atoms with Gasteiger partial charge in [-0.05, 0) is 42.0 Å². The molecule has 0 saturated heterocycles. The van der Waals surface area contributed by atoms with Gasteiger partial charge in [-0.2, -0.15) is 8.42 Å². The number of rotatable bonds is 5. The van der Waals surface area contributed by atoms with E-state index in [9.17, 15) is 8.42 Å². The first-order valence-corrected chi connectivity index (χ1v) is 9.31. The molecule has 0 radical (unpaired) electrons. The summed E-state index contributed by atoms with van der Waals surface area (Å²) in [6.45, 7) is 10.2. The van der Waals surface area contributed by atoms with E-state index >= 15 is 0 Å². The van der Waals surface area contributed by atoms with Gasteiger partial charge in [0, 0.05) is 0 Å². The Labute approximate surface area is 143 Å². The molecule has 2 aromatic rings. The molecular weight excluding hydrogens is 326 g/mol. The Balaban J connectivity index is 2.56. The third-order valence-corrected chi connectivity index (χ3v) is 4.54. The van der Waals surface area contributed by atoms with Crippen molar-refractivity contribution in [1.29, 1.82) is 0 Å². The van der Waals surface area contributed by atoms with Crippen LogP contribution in [-0.2, 0) is 10.1 Å². The summed E-state index contributed by atoms with van der Waals surface area (Å²) in [4.78, 5) is 4.71. The van der Waals surface area contributed by atoms with Gasteiger partial charge >= 0.3 is 10.1 Å². The van der Waals surface area contributed by atoms with Crippen molar-refractivity contribution in [3.63, 3.8) is 0 Å². The normalized spacial score (nSPS) is 13.1. The number of para-hydroxylation sites is 1. The lowest BCUT2D eigenvalue weighted by molar-refractivity contribution is 0.403. The van der Waals surface area contributed by atoms with Gasteiger partial charge in [-0.3, -0.25) is 4.55 Å². The molecule has 0 aliphatic carbocycles. The van der Waals surface area contributed by atoms with Gasteiger partial charge in [0.1, 0.15) is 5.76 Å². The molecule has 0 aliphatic heterocycles. The molecule has 0 saturated carbocycles. The van der Waals surface area contributed by atoms with E-state index in [0.717, 1.165) is 16.8 Å². The molecule has 0 amide bonds. The summed E-state index contributed by atoms with van der Waals surface area (Å²) in [7, 11) is -4.35. The molecule has 1 heterocycles. The molecule has 0 aliphatic rings. The van der Waals surface area contributed by atoms with Crippen molar-refractivity contribution >= 4 is 21.5 Å². The zero-order chi connectivity index (χ0) is 18.1. The van der Waals surface area contributed by atoms with Gasteiger partial charge < -0.3 is 4.42 Å². The van der Waals surface area contributed by atoms with Crippen LogP contribution in [0.2, 0.25) is 0 Å². The zero-order valence-electron chi connectivity index (χ0n) is 14.6. The van der Waals surface area contributed by atoms with Gasteiger partial charge in [-0.15, -0.1) is 0 Å². The highest BCUT2D eigenvalue weighted by Gasteiger charge is 2.18. The van der Waals surface area contributed by atoms with Crippen molar-refractivity contribution in [1.82, 2.24) is 0 Å². The highest BCUT2D eigenvalue weighted by molar-refractivity contribution is 7.85. The zero-order valence-corrected chi connectivity index (χ0v) is 15.4. The SMILES string of the molecule is CC(=Nc1c(C(C)C)cccc1C(C)C)c1ccc(S(=O)(=O)O)o1. The van der Waals surface area contributed by atoms with Crippen LogP contribution in [0.25, 0.3) is 0 Å². The maximum atomic E-state index is 11.1. The fourth-order valence-electron chi connectivity index (χ4n) is 2.52. The minimum Gasteiger partial charge on any atom is -0.441 e. The number of hydrogen-bond donors (Lipinski definition) is 1. The highest BCUT2D eigenvalue weighted by atomic mass is 32.2. The van der Waals surface area contributed by atoms with Gasteiger partial charge in [0.25, 0.3) is 0 Å². The summed E-state index contributed by atoms with van der Waals surface area (Å²) in [5.74, 6) is 0.927. The van der Waals surface area contributed by atoms with Crippen molar-refractivity contribution in [2.75, 3.05) is 0 Å². The van der Waals surface area contributed by atoms with Crippen LogP contribution in [0.1, 0.15) is 63.3 Å². The molecule has 0 unspecified atom stereocenters. The average molecular weight is 349 g/mol. The highest BCUT2D eigenvalue weighted by Crippen LogP contribution is 2.35. The average Bonchev–Trinajstić information content (AvgIpc) is 2.96. The topological polar surface area (TPSA) is 79.9 Å². The van der Waals surface area contributed by atoms with Crippen LogP contribution < -0.4 is 0 Å². The van der Waals surface area contributed by atoms with Crippen LogP contribution in [0.15, 0.2) is 44.8 Å². The predicted molar refractivity (Wildman–Crippen MR) is 95.0 cm³/mol. The van der Waals surface area contributed by atoms with Gasteiger partial charge in [-0.1, -0.05) is 45.9 Å². The number of nitrogens with zero attached hydrogens (tertiary/aromatic N) is 1. The quantitative estimate of drug-likeness (QED) is 0.614. The van der Waals surface area contributed by atoms with E-state index < -0.39 is 15.2 Å². The molecular formula is C18H23NO4S. The Morgan fingerprint density at radius 2 is 1.58 bits per heavy atom. The first-order valence-electron chi connectivity index (χ1n) is 7.87. The van der Waals surface area contributed by atoms with Crippen LogP contribution in [0.5, 0.6) is 0 Å². The Kier molecular flexibility index (Phi) is 5.30. The summed E-state index contributed by atoms with van der Waals surface area (Å²) in [5, 5.41) is -0.478. The Hall–Kier alpha value is -1.92. The molecule has 2 rings (SSSR count). The largest absolute Gasteiger partial charge is 0.441 e. The first kappa shape index (κ1) is 18.4. The monoisotopic (exact) mass is 349 g/mol. The molecule has 0 bridgehead atoms. The minimum atomic E-state index is -4.35. The maximum Gasteiger partial charge on any atom is 0.328 e. The molecule has 0 fully saturated rings. The second-order valence-corrected chi connectivity index (χ2v) is 7.74. The molecule has 130 valence electrons. The minimum absolute atomic E-state index is 0.306. The Morgan fingerprint density at radius 1 is 1.04 bits per heavy atom. The molecule has 5 nitrogen and oxygen atoms in total. The second-order valence-electron chi connectivity index (χ2n) is 6.39. The van der Waals surface area contributed by atoms with Crippen LogP contribution in [0.3, 0.4) is 0 Å². The molecule has 24 heavy (non-hydrogen) atoms. The van der Waals surface area contributed by atoms with E-state index in [1.807, 2.05) is 6.07 Å². The molecule has 6 heteroatoms. The van der Waals surface area contributed by atoms with Crippen LogP contribution in [0.4, 0.5) is 5.69 Å². The summed E-state index contributed by atoms with van der Waals surface area (Å²) >= 11 is 0. The Bertz CT molecular complexity index is 835. The molecule has 1 aromatic heterocycles. The Morgan fingerprint density at radius 3 is 2.00 bits per heavy atom. The van der Waals surface area contributed by atoms with E-state index in [1.165, 1.54) is 12.1 Å². The first-order chi connectivity index (χ1) is 11.1. The van der Waals surface area contributed by atoms with Crippen molar-refractivity contribution in [3.05, 3.63) is 47.2 Å². The third kappa shape index (κ3) is 3.94. The summed E-state index contributed by atoms with van der Waals surface area (Å²) in [5.41, 5.74) is 3.70. The summed E-state index contributed by atoms with van der Waals surface area (Å²) in [6, 6.07) is 8.85. The van der Waals surface area contributed by atoms with E-state index in [1.54, 1.807) is 6.92 Å². The standard InChI is InChI=1S/C18H23NO4S/c1-11(2)14-7-6-8-15(12(3)4)18(14)19-13(5)16-9-10-17(23-16)24(20,21)22/h6-12H,1-5H3,(H,20,21,22). The summed E-state index contributed by atoms with van der Waals surface area (Å²) in [6.07, 6.45) is 0. The van der Waals surface area contributed by atoms with Crippen molar-refractivity contribution < 1.29 is 17.4 Å². The number of hydrogen-bond acceptors (Lipinski definition) is 4. The maximum absolute atomic E-state index is 11.1. The van der Waals surface area contributed by atoms with E-state index in [0.29, 0.717) is 23.3 Å². The second kappa shape index (κ2) is 6.91. The number of aliphatic imine (C=N–C) groups is 1. The van der Waals surface area contributed by atoms with E-state index in [4.69, 9.17) is 14.0 Å². The lowest BCUT2D eigenvalue weighted by atomic mass is 9.93. The third-order valence-electron chi connectivity index (χ3n) is 3.81. The van der Waals surface area contributed by atoms with Gasteiger partial charge in [0.2, 0.25) is 5.09 Å². The van der Waals surface area contributed by atoms with E-state index in [-0.39, 0.29) is 0 Å². The lowest BCUT2D eigenvalue weighted by Crippen LogP contribution is -1.99. The van der Waals surface area contributed by atoms with E-state index in [2.05, 4.69) is 39.8 Å². The molecule has 1 aromatic carbocycles. The van der Waals surface area contributed by atoms with Crippen LogP contribution in [0, 0.1) is 0 Å². The predicted octanol–water partition coefficient (Wildman–Crippen LogP) is 4.91. The van der Waals surface area contributed by atoms with Crippen molar-refractivity contribution in [3.8, 4) is 0 Å². The fourth-order valence-corrected chi connectivity index (χ4v) is 2.95. The van der Waals surface area contributed by atoms with Crippen molar-refractivity contribution in [2.45, 2.75) is 51.5 Å². The summed E-state index contributed by atoms with van der Waals surface area (Å²) < 4.78 is 36.5. The van der Waals surface area contributed by atoms with Gasteiger partial charge in [-0.25, -0.2) is 4.99 Å². The smallest absolute Gasteiger partial charge is 0.328 e. The number of benzene rings is 1. The fraction of sp³-hybridized carbons (Fsp3) is 0.389. The van der Waals surface area contributed by atoms with Gasteiger partial charge in [0.15, 0.2) is 0 Å². The number of furan rings is 1. The van der Waals surface area contributed by atoms with Crippen LogP contribution >= 0.6 is 0 Å².